The van der Waals surface area contributed by atoms with Crippen LogP contribution in [0.4, 0.5) is 10.5 Å². The van der Waals surface area contributed by atoms with Gasteiger partial charge in [-0.15, -0.1) is 0 Å². The van der Waals surface area contributed by atoms with E-state index in [1.54, 1.807) is 6.20 Å². The number of urea groups is 1. The van der Waals surface area contributed by atoms with Crippen molar-refractivity contribution in [3.8, 4) is 0 Å². The van der Waals surface area contributed by atoms with Crippen LogP contribution in [0.25, 0.3) is 0 Å². The van der Waals surface area contributed by atoms with Crippen LogP contribution in [0.3, 0.4) is 0 Å². The zero-order valence-corrected chi connectivity index (χ0v) is 16.4. The van der Waals surface area contributed by atoms with Gasteiger partial charge in [-0.1, -0.05) is 29.8 Å². The number of anilines is 1. The Bertz CT molecular complexity index is 741. The third kappa shape index (κ3) is 4.98. The van der Waals surface area contributed by atoms with E-state index in [1.807, 2.05) is 31.3 Å². The van der Waals surface area contributed by atoms with Crippen molar-refractivity contribution in [3.05, 3.63) is 59.9 Å². The van der Waals surface area contributed by atoms with Crippen molar-refractivity contribution in [2.45, 2.75) is 13.0 Å². The van der Waals surface area contributed by atoms with E-state index in [4.69, 9.17) is 0 Å². The largest absolute Gasteiger partial charge is 0.367 e. The summed E-state index contributed by atoms with van der Waals surface area (Å²) in [6.45, 7) is 5.78. The van der Waals surface area contributed by atoms with Crippen LogP contribution in [0.1, 0.15) is 17.2 Å². The molecule has 6 heteroatoms. The van der Waals surface area contributed by atoms with E-state index in [-0.39, 0.29) is 12.1 Å². The van der Waals surface area contributed by atoms with E-state index in [1.165, 1.54) is 11.1 Å². The third-order valence-electron chi connectivity index (χ3n) is 5.07. The number of amides is 2. The van der Waals surface area contributed by atoms with Crippen molar-refractivity contribution < 1.29 is 4.79 Å². The number of carbonyl (C=O) groups is 1. The van der Waals surface area contributed by atoms with E-state index in [0.717, 1.165) is 31.9 Å². The van der Waals surface area contributed by atoms with Gasteiger partial charge in [-0.05, 0) is 38.7 Å². The Morgan fingerprint density at radius 1 is 1.19 bits per heavy atom. The number of likely N-dealkylation sites (N-methyl/N-ethyl adjacent to an activating group) is 1. The second-order valence-electron chi connectivity index (χ2n) is 7.26. The van der Waals surface area contributed by atoms with Gasteiger partial charge in [-0.2, -0.15) is 0 Å². The first-order chi connectivity index (χ1) is 13.0. The summed E-state index contributed by atoms with van der Waals surface area (Å²) in [5.74, 6) is 0. The summed E-state index contributed by atoms with van der Waals surface area (Å²) in [4.78, 5) is 23.1. The fourth-order valence-electron chi connectivity index (χ4n) is 3.48. The summed E-state index contributed by atoms with van der Waals surface area (Å²) in [7, 11) is 4.09. The number of nitrogens with one attached hydrogen (secondary N) is 1. The SMILES string of the molecule is Cc1cccc(C(CNC(=O)N2CCN(c3cccnc3)CC2)N(C)C)c1. The molecule has 0 saturated carbocycles. The molecule has 1 saturated heterocycles. The maximum atomic E-state index is 12.6. The standard InChI is InChI=1S/C21H29N5O/c1-17-6-4-7-18(14-17)20(24(2)3)16-23-21(27)26-12-10-25(11-13-26)19-8-5-9-22-15-19/h4-9,14-15,20H,10-13,16H2,1-3H3,(H,23,27). The molecule has 3 rings (SSSR count). The number of hydrogen-bond donors (Lipinski definition) is 1. The minimum atomic E-state index is 0.0142. The highest BCUT2D eigenvalue weighted by molar-refractivity contribution is 5.74. The van der Waals surface area contributed by atoms with Crippen molar-refractivity contribution in [2.24, 2.45) is 0 Å². The molecule has 1 fully saturated rings. The number of nitrogens with zero attached hydrogens (tertiary/aromatic N) is 4. The van der Waals surface area contributed by atoms with Crippen LogP contribution in [0.15, 0.2) is 48.8 Å². The molecule has 2 amide bonds. The van der Waals surface area contributed by atoms with E-state index in [2.05, 4.69) is 57.4 Å². The number of rotatable bonds is 5. The highest BCUT2D eigenvalue weighted by atomic mass is 16.2. The van der Waals surface area contributed by atoms with Gasteiger partial charge in [-0.25, -0.2) is 4.79 Å². The molecule has 1 atom stereocenters. The molecule has 1 aliphatic heterocycles. The third-order valence-corrected chi connectivity index (χ3v) is 5.07. The van der Waals surface area contributed by atoms with Crippen molar-refractivity contribution in [2.75, 3.05) is 51.7 Å². The van der Waals surface area contributed by atoms with Gasteiger partial charge in [0.25, 0.3) is 0 Å². The fraction of sp³-hybridized carbons (Fsp3) is 0.429. The Hall–Kier alpha value is -2.60. The van der Waals surface area contributed by atoms with Crippen LogP contribution in [0, 0.1) is 6.92 Å². The second-order valence-corrected chi connectivity index (χ2v) is 7.26. The lowest BCUT2D eigenvalue weighted by Gasteiger charge is -2.36. The van der Waals surface area contributed by atoms with Gasteiger partial charge in [0.1, 0.15) is 0 Å². The summed E-state index contributed by atoms with van der Waals surface area (Å²) in [6.07, 6.45) is 3.65. The Labute approximate surface area is 161 Å². The molecule has 1 aromatic carbocycles. The molecule has 144 valence electrons. The predicted molar refractivity (Wildman–Crippen MR) is 109 cm³/mol. The van der Waals surface area contributed by atoms with Crippen LogP contribution in [0.5, 0.6) is 0 Å². The van der Waals surface area contributed by atoms with Gasteiger partial charge in [0.2, 0.25) is 0 Å². The monoisotopic (exact) mass is 367 g/mol. The molecule has 1 unspecified atom stereocenters. The number of pyridine rings is 1. The molecular formula is C21H29N5O. The first-order valence-electron chi connectivity index (χ1n) is 9.45. The minimum Gasteiger partial charge on any atom is -0.367 e. The van der Waals surface area contributed by atoms with Crippen LogP contribution < -0.4 is 10.2 Å². The molecular weight excluding hydrogens is 338 g/mol. The van der Waals surface area contributed by atoms with Crippen LogP contribution in [-0.2, 0) is 0 Å². The van der Waals surface area contributed by atoms with Gasteiger partial charge in [0.05, 0.1) is 17.9 Å². The maximum Gasteiger partial charge on any atom is 0.317 e. The summed E-state index contributed by atoms with van der Waals surface area (Å²) in [5, 5.41) is 3.12. The first kappa shape index (κ1) is 19.2. The van der Waals surface area contributed by atoms with E-state index >= 15 is 0 Å². The van der Waals surface area contributed by atoms with E-state index in [9.17, 15) is 4.79 Å². The number of benzene rings is 1. The Morgan fingerprint density at radius 3 is 2.59 bits per heavy atom. The quantitative estimate of drug-likeness (QED) is 0.882. The topological polar surface area (TPSA) is 51.7 Å². The van der Waals surface area contributed by atoms with Crippen LogP contribution in [-0.4, -0.2) is 67.6 Å². The average Bonchev–Trinajstić information content (AvgIpc) is 2.68. The van der Waals surface area contributed by atoms with Gasteiger partial charge >= 0.3 is 6.03 Å². The van der Waals surface area contributed by atoms with Crippen LogP contribution >= 0.6 is 0 Å². The number of hydrogen-bond acceptors (Lipinski definition) is 4. The fourth-order valence-corrected chi connectivity index (χ4v) is 3.48. The van der Waals surface area contributed by atoms with Crippen molar-refractivity contribution in [1.29, 1.82) is 0 Å². The molecule has 0 bridgehead atoms. The molecule has 0 aliphatic carbocycles. The van der Waals surface area contributed by atoms with Crippen molar-refractivity contribution in [3.63, 3.8) is 0 Å². The number of piperazine rings is 1. The average molecular weight is 367 g/mol. The summed E-state index contributed by atoms with van der Waals surface area (Å²) in [6, 6.07) is 12.6. The molecule has 0 spiro atoms. The summed E-state index contributed by atoms with van der Waals surface area (Å²) >= 11 is 0. The number of aromatic nitrogens is 1. The molecule has 1 aliphatic rings. The summed E-state index contributed by atoms with van der Waals surface area (Å²) < 4.78 is 0. The zero-order valence-electron chi connectivity index (χ0n) is 16.4. The first-order valence-corrected chi connectivity index (χ1v) is 9.45. The van der Waals surface area contributed by atoms with Crippen LogP contribution in [0.2, 0.25) is 0 Å². The van der Waals surface area contributed by atoms with Gasteiger partial charge in [0, 0.05) is 38.9 Å². The molecule has 6 nitrogen and oxygen atoms in total. The number of carbonyl (C=O) groups excluding carboxylic acids is 1. The lowest BCUT2D eigenvalue weighted by molar-refractivity contribution is 0.189. The van der Waals surface area contributed by atoms with E-state index in [0.29, 0.717) is 6.54 Å². The van der Waals surface area contributed by atoms with Gasteiger partial charge < -0.3 is 20.0 Å². The smallest absolute Gasteiger partial charge is 0.317 e. The Balaban J connectivity index is 1.53. The molecule has 1 N–H and O–H groups in total. The number of aryl methyl sites for hydroxylation is 1. The highest BCUT2D eigenvalue weighted by Crippen LogP contribution is 2.19. The van der Waals surface area contributed by atoms with Crippen molar-refractivity contribution >= 4 is 11.7 Å². The molecule has 0 radical (unpaired) electrons. The molecule has 1 aromatic heterocycles. The summed E-state index contributed by atoms with van der Waals surface area (Å²) in [5.41, 5.74) is 3.57. The normalized spacial score (nSPS) is 15.7. The van der Waals surface area contributed by atoms with Gasteiger partial charge in [0.15, 0.2) is 0 Å². The molecule has 2 aromatic rings. The second kappa shape index (κ2) is 8.86. The minimum absolute atomic E-state index is 0.0142. The highest BCUT2D eigenvalue weighted by Gasteiger charge is 2.22. The lowest BCUT2D eigenvalue weighted by Crippen LogP contribution is -2.52. The Kier molecular flexibility index (Phi) is 6.29. The van der Waals surface area contributed by atoms with E-state index < -0.39 is 0 Å². The lowest BCUT2D eigenvalue weighted by atomic mass is 10.0. The Morgan fingerprint density at radius 2 is 1.96 bits per heavy atom. The molecule has 2 heterocycles. The van der Waals surface area contributed by atoms with Crippen molar-refractivity contribution in [1.82, 2.24) is 20.1 Å². The predicted octanol–water partition coefficient (Wildman–Crippen LogP) is 2.52. The molecule has 27 heavy (non-hydrogen) atoms. The van der Waals surface area contributed by atoms with Gasteiger partial charge in [-0.3, -0.25) is 4.98 Å². The zero-order chi connectivity index (χ0) is 19.2. The maximum absolute atomic E-state index is 12.6.